The Morgan fingerprint density at radius 1 is 1.00 bits per heavy atom. The number of amides is 1. The molecular formula is C19H18FN3O2. The average Bonchev–Trinajstić information content (AvgIpc) is 3.10. The lowest BCUT2D eigenvalue weighted by molar-refractivity contribution is -0.121. The fourth-order valence-corrected chi connectivity index (χ4v) is 2.40. The largest absolute Gasteiger partial charge is 0.421 e. The van der Waals surface area contributed by atoms with Gasteiger partial charge in [-0.2, -0.15) is 0 Å². The molecule has 0 fully saturated rings. The molecule has 0 saturated carbocycles. The van der Waals surface area contributed by atoms with Crippen LogP contribution in [0.4, 0.5) is 4.39 Å². The quantitative estimate of drug-likeness (QED) is 0.718. The monoisotopic (exact) mass is 339 g/mol. The zero-order valence-corrected chi connectivity index (χ0v) is 13.6. The maximum absolute atomic E-state index is 13.7. The highest BCUT2D eigenvalue weighted by Crippen LogP contribution is 2.21. The van der Waals surface area contributed by atoms with Crippen LogP contribution in [0, 0.1) is 5.82 Å². The van der Waals surface area contributed by atoms with Crippen LogP contribution in [-0.2, 0) is 17.6 Å². The third kappa shape index (κ3) is 4.73. The second kappa shape index (κ2) is 8.19. The van der Waals surface area contributed by atoms with Crippen LogP contribution in [0.1, 0.15) is 17.9 Å². The number of aryl methyl sites for hydroxylation is 1. The molecule has 0 spiro atoms. The van der Waals surface area contributed by atoms with Crippen LogP contribution in [0.3, 0.4) is 0 Å². The molecule has 0 bridgehead atoms. The van der Waals surface area contributed by atoms with Gasteiger partial charge in [-0.3, -0.25) is 4.79 Å². The van der Waals surface area contributed by atoms with E-state index in [1.807, 2.05) is 30.3 Å². The Morgan fingerprint density at radius 3 is 2.56 bits per heavy atom. The van der Waals surface area contributed by atoms with Crippen LogP contribution >= 0.6 is 0 Å². The lowest BCUT2D eigenvalue weighted by Gasteiger charge is -2.04. The van der Waals surface area contributed by atoms with E-state index in [0.29, 0.717) is 18.9 Å². The Kier molecular flexibility index (Phi) is 5.51. The smallest absolute Gasteiger partial charge is 0.250 e. The van der Waals surface area contributed by atoms with Gasteiger partial charge in [0.2, 0.25) is 11.8 Å². The van der Waals surface area contributed by atoms with E-state index in [1.165, 1.54) is 11.6 Å². The molecule has 0 unspecified atom stereocenters. The fourth-order valence-electron chi connectivity index (χ4n) is 2.40. The number of benzene rings is 2. The lowest BCUT2D eigenvalue weighted by Crippen LogP contribution is -2.25. The summed E-state index contributed by atoms with van der Waals surface area (Å²) in [6.45, 7) is 0.577. The Morgan fingerprint density at radius 2 is 1.76 bits per heavy atom. The van der Waals surface area contributed by atoms with E-state index in [4.69, 9.17) is 4.42 Å². The number of rotatable bonds is 7. The molecule has 1 aromatic heterocycles. The predicted octanol–water partition coefficient (Wildman–Crippen LogP) is 3.17. The summed E-state index contributed by atoms with van der Waals surface area (Å²) < 4.78 is 19.1. The summed E-state index contributed by atoms with van der Waals surface area (Å²) in [7, 11) is 0. The first-order valence-corrected chi connectivity index (χ1v) is 8.10. The summed E-state index contributed by atoms with van der Waals surface area (Å²) >= 11 is 0. The van der Waals surface area contributed by atoms with Crippen molar-refractivity contribution in [3.05, 3.63) is 71.9 Å². The van der Waals surface area contributed by atoms with Crippen molar-refractivity contribution in [1.82, 2.24) is 15.5 Å². The summed E-state index contributed by atoms with van der Waals surface area (Å²) in [4.78, 5) is 11.9. The standard InChI is InChI=1S/C19H18FN3O2/c20-16-9-5-4-8-15(16)19-23-22-18(25-19)11-10-17(24)21-13-12-14-6-2-1-3-7-14/h1-9H,10-13H2,(H,21,24). The minimum Gasteiger partial charge on any atom is -0.421 e. The predicted molar refractivity (Wildman–Crippen MR) is 91.2 cm³/mol. The zero-order chi connectivity index (χ0) is 17.5. The molecule has 2 aromatic carbocycles. The van der Waals surface area contributed by atoms with Gasteiger partial charge < -0.3 is 9.73 Å². The van der Waals surface area contributed by atoms with Crippen molar-refractivity contribution in [2.75, 3.05) is 6.54 Å². The van der Waals surface area contributed by atoms with E-state index in [0.717, 1.165) is 6.42 Å². The van der Waals surface area contributed by atoms with E-state index in [1.54, 1.807) is 18.2 Å². The maximum Gasteiger partial charge on any atom is 0.250 e. The Labute approximate surface area is 144 Å². The summed E-state index contributed by atoms with van der Waals surface area (Å²) in [5, 5.41) is 10.6. The second-order valence-electron chi connectivity index (χ2n) is 5.57. The van der Waals surface area contributed by atoms with Crippen molar-refractivity contribution < 1.29 is 13.6 Å². The average molecular weight is 339 g/mol. The summed E-state index contributed by atoms with van der Waals surface area (Å²) in [5.41, 5.74) is 1.43. The van der Waals surface area contributed by atoms with Gasteiger partial charge >= 0.3 is 0 Å². The SMILES string of the molecule is O=C(CCc1nnc(-c2ccccc2F)o1)NCCc1ccccc1. The van der Waals surface area contributed by atoms with Crippen molar-refractivity contribution in [2.45, 2.75) is 19.3 Å². The number of hydrogen-bond donors (Lipinski definition) is 1. The minimum absolute atomic E-state index is 0.0819. The zero-order valence-electron chi connectivity index (χ0n) is 13.6. The molecule has 128 valence electrons. The van der Waals surface area contributed by atoms with Crippen LogP contribution in [-0.4, -0.2) is 22.6 Å². The van der Waals surface area contributed by atoms with Gasteiger partial charge in [-0.05, 0) is 24.1 Å². The molecule has 3 aromatic rings. The van der Waals surface area contributed by atoms with Gasteiger partial charge in [0, 0.05) is 19.4 Å². The normalized spacial score (nSPS) is 10.6. The van der Waals surface area contributed by atoms with Crippen LogP contribution < -0.4 is 5.32 Å². The Hall–Kier alpha value is -3.02. The van der Waals surface area contributed by atoms with E-state index >= 15 is 0 Å². The molecule has 0 aliphatic heterocycles. The van der Waals surface area contributed by atoms with Gasteiger partial charge in [-0.1, -0.05) is 42.5 Å². The third-order valence-electron chi connectivity index (χ3n) is 3.72. The third-order valence-corrected chi connectivity index (χ3v) is 3.72. The van der Waals surface area contributed by atoms with Gasteiger partial charge in [-0.25, -0.2) is 4.39 Å². The van der Waals surface area contributed by atoms with Gasteiger partial charge in [0.05, 0.1) is 5.56 Å². The molecular weight excluding hydrogens is 321 g/mol. The molecule has 1 heterocycles. The first-order chi connectivity index (χ1) is 12.2. The number of halogens is 1. The van der Waals surface area contributed by atoms with Crippen molar-refractivity contribution in [1.29, 1.82) is 0 Å². The van der Waals surface area contributed by atoms with Crippen molar-refractivity contribution in [3.63, 3.8) is 0 Å². The number of hydrogen-bond acceptors (Lipinski definition) is 4. The number of aromatic nitrogens is 2. The van der Waals surface area contributed by atoms with Gasteiger partial charge in [0.15, 0.2) is 0 Å². The van der Waals surface area contributed by atoms with E-state index in [-0.39, 0.29) is 23.8 Å². The van der Waals surface area contributed by atoms with Gasteiger partial charge in [0.25, 0.3) is 5.89 Å². The molecule has 0 saturated heterocycles. The van der Waals surface area contributed by atoms with Gasteiger partial charge in [-0.15, -0.1) is 10.2 Å². The molecule has 3 rings (SSSR count). The van der Waals surface area contributed by atoms with Crippen LogP contribution in [0.25, 0.3) is 11.5 Å². The first-order valence-electron chi connectivity index (χ1n) is 8.10. The molecule has 0 aliphatic carbocycles. The molecule has 25 heavy (non-hydrogen) atoms. The van der Waals surface area contributed by atoms with Gasteiger partial charge in [0.1, 0.15) is 5.82 Å². The van der Waals surface area contributed by atoms with E-state index < -0.39 is 5.82 Å². The highest BCUT2D eigenvalue weighted by atomic mass is 19.1. The van der Waals surface area contributed by atoms with E-state index in [9.17, 15) is 9.18 Å². The topological polar surface area (TPSA) is 68.0 Å². The Balaban J connectivity index is 1.46. The molecule has 5 nitrogen and oxygen atoms in total. The molecule has 6 heteroatoms. The van der Waals surface area contributed by atoms with Crippen LogP contribution in [0.15, 0.2) is 59.0 Å². The summed E-state index contributed by atoms with van der Waals surface area (Å²) in [6.07, 6.45) is 1.34. The summed E-state index contributed by atoms with van der Waals surface area (Å²) in [6, 6.07) is 16.1. The number of nitrogens with zero attached hydrogens (tertiary/aromatic N) is 2. The number of carbonyl (C=O) groups is 1. The van der Waals surface area contributed by atoms with Crippen molar-refractivity contribution >= 4 is 5.91 Å². The van der Waals surface area contributed by atoms with E-state index in [2.05, 4.69) is 15.5 Å². The molecule has 0 atom stereocenters. The molecule has 1 amide bonds. The van der Waals surface area contributed by atoms with Crippen molar-refractivity contribution in [2.24, 2.45) is 0 Å². The lowest BCUT2D eigenvalue weighted by atomic mass is 10.1. The molecule has 0 aliphatic rings. The molecule has 0 radical (unpaired) electrons. The highest BCUT2D eigenvalue weighted by molar-refractivity contribution is 5.76. The minimum atomic E-state index is -0.420. The number of carbonyl (C=O) groups excluding carboxylic acids is 1. The van der Waals surface area contributed by atoms with Crippen LogP contribution in [0.2, 0.25) is 0 Å². The Bertz CT molecular complexity index is 833. The van der Waals surface area contributed by atoms with Crippen LogP contribution in [0.5, 0.6) is 0 Å². The maximum atomic E-state index is 13.7. The number of nitrogens with one attached hydrogen (secondary N) is 1. The van der Waals surface area contributed by atoms with Crippen molar-refractivity contribution in [3.8, 4) is 11.5 Å². The second-order valence-corrected chi connectivity index (χ2v) is 5.57. The molecule has 1 N–H and O–H groups in total. The fraction of sp³-hybridized carbons (Fsp3) is 0.211. The summed E-state index contributed by atoms with van der Waals surface area (Å²) in [5.74, 6) is -0.0630. The first kappa shape index (κ1) is 16.8. The highest BCUT2D eigenvalue weighted by Gasteiger charge is 2.13.